The van der Waals surface area contributed by atoms with Crippen LogP contribution in [0.5, 0.6) is 5.75 Å². The minimum Gasteiger partial charge on any atom is -0.496 e. The maximum Gasteiger partial charge on any atom is 0.337 e. The van der Waals surface area contributed by atoms with Crippen molar-refractivity contribution in [2.45, 2.75) is 24.7 Å². The Balaban J connectivity index is 1.79. The smallest absolute Gasteiger partial charge is 0.337 e. The van der Waals surface area contributed by atoms with E-state index in [-0.39, 0.29) is 12.1 Å². The van der Waals surface area contributed by atoms with Crippen LogP contribution in [0.15, 0.2) is 46.3 Å². The number of thioether (sulfide) groups is 1. The van der Waals surface area contributed by atoms with Crippen LogP contribution in [-0.4, -0.2) is 40.1 Å². The Labute approximate surface area is 186 Å². The molecule has 0 spiro atoms. The lowest BCUT2D eigenvalue weighted by molar-refractivity contribution is 0.0600. The van der Waals surface area contributed by atoms with Gasteiger partial charge in [-0.3, -0.25) is 9.36 Å². The minimum atomic E-state index is -0.467. The van der Waals surface area contributed by atoms with Gasteiger partial charge >= 0.3 is 5.97 Å². The van der Waals surface area contributed by atoms with E-state index in [1.807, 2.05) is 4.57 Å². The maximum absolute atomic E-state index is 14.1. The van der Waals surface area contributed by atoms with Crippen molar-refractivity contribution in [1.29, 1.82) is 0 Å². The first-order valence-electron chi connectivity index (χ1n) is 10.1. The number of aromatic nitrogens is 3. The lowest BCUT2D eigenvalue weighted by atomic mass is 10.1. The van der Waals surface area contributed by atoms with Gasteiger partial charge in [-0.05, 0) is 42.8 Å². The molecule has 4 aromatic rings. The molecule has 0 fully saturated rings. The fraction of sp³-hybridized carbons (Fsp3) is 0.261. The van der Waals surface area contributed by atoms with Crippen LogP contribution in [0.3, 0.4) is 0 Å². The fourth-order valence-electron chi connectivity index (χ4n) is 4.18. The van der Waals surface area contributed by atoms with Crippen LogP contribution in [0.1, 0.15) is 22.3 Å². The summed E-state index contributed by atoms with van der Waals surface area (Å²) in [5, 5.41) is 1.23. The van der Waals surface area contributed by atoms with Gasteiger partial charge in [-0.1, -0.05) is 11.8 Å². The first kappa shape index (κ1) is 20.6. The predicted molar refractivity (Wildman–Crippen MR) is 120 cm³/mol. The molecule has 2 aromatic carbocycles. The van der Waals surface area contributed by atoms with Gasteiger partial charge in [0.2, 0.25) is 0 Å². The Hall–Kier alpha value is -3.33. The first-order valence-corrected chi connectivity index (χ1v) is 11.1. The van der Waals surface area contributed by atoms with Crippen LogP contribution in [0.2, 0.25) is 0 Å². The number of methoxy groups -OCH3 is 2. The third-order valence-electron chi connectivity index (χ3n) is 5.67. The van der Waals surface area contributed by atoms with Gasteiger partial charge < -0.3 is 14.0 Å². The molecule has 0 atom stereocenters. The number of hydrogen-bond acceptors (Lipinski definition) is 6. The molecule has 0 bridgehead atoms. The van der Waals surface area contributed by atoms with Gasteiger partial charge in [-0.2, -0.15) is 0 Å². The van der Waals surface area contributed by atoms with Gasteiger partial charge in [0.05, 0.1) is 31.8 Å². The van der Waals surface area contributed by atoms with Gasteiger partial charge in [0.1, 0.15) is 22.6 Å². The van der Waals surface area contributed by atoms with E-state index in [1.54, 1.807) is 35.9 Å². The molecule has 32 heavy (non-hydrogen) atoms. The highest BCUT2D eigenvalue weighted by molar-refractivity contribution is 7.99. The summed E-state index contributed by atoms with van der Waals surface area (Å²) in [6.45, 7) is 0.837. The van der Waals surface area contributed by atoms with Gasteiger partial charge in [0.15, 0.2) is 5.16 Å². The molecule has 0 saturated heterocycles. The van der Waals surface area contributed by atoms with E-state index < -0.39 is 11.8 Å². The summed E-state index contributed by atoms with van der Waals surface area (Å²) in [5.41, 5.74) is 2.48. The lowest BCUT2D eigenvalue weighted by Gasteiger charge is -2.17. The highest BCUT2D eigenvalue weighted by Gasteiger charge is 2.23. The van der Waals surface area contributed by atoms with Crippen molar-refractivity contribution in [2.24, 2.45) is 0 Å². The molecule has 9 heteroatoms. The van der Waals surface area contributed by atoms with Crippen molar-refractivity contribution in [3.8, 4) is 5.75 Å². The molecule has 0 radical (unpaired) electrons. The Morgan fingerprint density at radius 3 is 2.84 bits per heavy atom. The molecule has 0 N–H and O–H groups in total. The summed E-state index contributed by atoms with van der Waals surface area (Å²) in [6, 6.07) is 9.43. The van der Waals surface area contributed by atoms with Crippen molar-refractivity contribution in [1.82, 2.24) is 14.1 Å². The average molecular weight is 453 g/mol. The van der Waals surface area contributed by atoms with Crippen LogP contribution in [0, 0.1) is 5.82 Å². The van der Waals surface area contributed by atoms with Crippen LogP contribution < -0.4 is 10.3 Å². The van der Waals surface area contributed by atoms with Gasteiger partial charge in [0.25, 0.3) is 5.56 Å². The third-order valence-corrected chi connectivity index (χ3v) is 6.73. The monoisotopic (exact) mass is 453 g/mol. The van der Waals surface area contributed by atoms with E-state index in [9.17, 15) is 14.0 Å². The number of rotatable bonds is 4. The Morgan fingerprint density at radius 2 is 2.06 bits per heavy atom. The van der Waals surface area contributed by atoms with E-state index in [1.165, 1.54) is 31.0 Å². The van der Waals surface area contributed by atoms with Crippen LogP contribution >= 0.6 is 11.8 Å². The Kier molecular flexibility index (Phi) is 5.13. The standard InChI is InChI=1S/C23H20FN3O4S/c1-30-18-7-4-13(22(29)31-2)10-14(18)12-27-17-6-5-15(24)11-16(17)19-20(27)21(28)26-8-3-9-32-23(26)25-19/h4-7,10-11H,3,8-9,12H2,1-2H3. The summed E-state index contributed by atoms with van der Waals surface area (Å²) in [7, 11) is 2.86. The lowest BCUT2D eigenvalue weighted by Crippen LogP contribution is -2.27. The maximum atomic E-state index is 14.1. The molecule has 1 aliphatic rings. The average Bonchev–Trinajstić information content (AvgIpc) is 3.11. The quantitative estimate of drug-likeness (QED) is 0.345. The zero-order valence-electron chi connectivity index (χ0n) is 17.6. The number of carbonyl (C=O) groups is 1. The second kappa shape index (κ2) is 7.98. The second-order valence-corrected chi connectivity index (χ2v) is 8.58. The summed E-state index contributed by atoms with van der Waals surface area (Å²) in [4.78, 5) is 30.3. The second-order valence-electron chi connectivity index (χ2n) is 7.52. The molecule has 0 amide bonds. The molecule has 3 heterocycles. The molecule has 0 saturated carbocycles. The molecular formula is C23H20FN3O4S. The number of fused-ring (bicyclic) bond motifs is 4. The molecular weight excluding hydrogens is 433 g/mol. The normalized spacial score (nSPS) is 13.3. The number of benzene rings is 2. The molecule has 164 valence electrons. The van der Waals surface area contributed by atoms with Crippen molar-refractivity contribution >= 4 is 39.7 Å². The highest BCUT2D eigenvalue weighted by Crippen LogP contribution is 2.32. The van der Waals surface area contributed by atoms with E-state index in [0.29, 0.717) is 50.5 Å². The first-order chi connectivity index (χ1) is 15.5. The third kappa shape index (κ3) is 3.24. The number of ether oxygens (including phenoxy) is 2. The molecule has 1 aliphatic heterocycles. The minimum absolute atomic E-state index is 0.156. The van der Waals surface area contributed by atoms with E-state index in [2.05, 4.69) is 0 Å². The Bertz CT molecular complexity index is 1440. The number of hydrogen-bond donors (Lipinski definition) is 0. The van der Waals surface area contributed by atoms with Crippen LogP contribution in [0.4, 0.5) is 4.39 Å². The predicted octanol–water partition coefficient (Wildman–Crippen LogP) is 3.83. The van der Waals surface area contributed by atoms with Crippen molar-refractivity contribution in [2.75, 3.05) is 20.0 Å². The molecule has 0 aliphatic carbocycles. The van der Waals surface area contributed by atoms with Crippen LogP contribution in [0.25, 0.3) is 21.9 Å². The van der Waals surface area contributed by atoms with Crippen molar-refractivity contribution in [3.05, 3.63) is 63.7 Å². The van der Waals surface area contributed by atoms with Crippen molar-refractivity contribution < 1.29 is 18.7 Å². The molecule has 7 nitrogen and oxygen atoms in total. The Morgan fingerprint density at radius 1 is 1.22 bits per heavy atom. The van der Waals surface area contributed by atoms with Gasteiger partial charge in [0, 0.05) is 23.2 Å². The summed E-state index contributed by atoms with van der Waals surface area (Å²) >= 11 is 1.53. The van der Waals surface area contributed by atoms with Crippen molar-refractivity contribution in [3.63, 3.8) is 0 Å². The molecule has 2 aromatic heterocycles. The largest absolute Gasteiger partial charge is 0.496 e. The molecule has 5 rings (SSSR count). The number of nitrogens with zero attached hydrogens (tertiary/aromatic N) is 3. The highest BCUT2D eigenvalue weighted by atomic mass is 32.2. The summed E-state index contributed by atoms with van der Waals surface area (Å²) in [6.07, 6.45) is 0.884. The van der Waals surface area contributed by atoms with Gasteiger partial charge in [-0.15, -0.1) is 0 Å². The topological polar surface area (TPSA) is 75.3 Å². The van der Waals surface area contributed by atoms with Gasteiger partial charge in [-0.25, -0.2) is 14.2 Å². The summed E-state index contributed by atoms with van der Waals surface area (Å²) in [5.74, 6) is 0.596. The number of esters is 1. The fourth-order valence-corrected chi connectivity index (χ4v) is 5.13. The van der Waals surface area contributed by atoms with E-state index in [0.717, 1.165) is 12.2 Å². The van der Waals surface area contributed by atoms with Crippen LogP contribution in [-0.2, 0) is 17.8 Å². The number of carbonyl (C=O) groups excluding carboxylic acids is 1. The summed E-state index contributed by atoms with van der Waals surface area (Å²) < 4.78 is 28.0. The van der Waals surface area contributed by atoms with E-state index >= 15 is 0 Å². The molecule has 0 unspecified atom stereocenters. The number of halogens is 1. The zero-order valence-corrected chi connectivity index (χ0v) is 18.4. The zero-order chi connectivity index (χ0) is 22.4. The SMILES string of the molecule is COC(=O)c1ccc(OC)c(Cn2c3ccc(F)cc3c3nc4n(c(=O)c32)CCCS4)c1. The van der Waals surface area contributed by atoms with E-state index in [4.69, 9.17) is 14.5 Å².